The number of hydrogen-bond donors (Lipinski definition) is 0. The molecule has 2 aromatic carbocycles. The van der Waals surface area contributed by atoms with Crippen LogP contribution >= 0.6 is 0 Å². The molecule has 0 radical (unpaired) electrons. The Kier molecular flexibility index (Phi) is 4.72. The summed E-state index contributed by atoms with van der Waals surface area (Å²) in [6.07, 6.45) is 3.23. The van der Waals surface area contributed by atoms with Crippen LogP contribution < -0.4 is 5.43 Å². The molecule has 25 heavy (non-hydrogen) atoms. The number of rotatable bonds is 4. The van der Waals surface area contributed by atoms with Gasteiger partial charge in [-0.2, -0.15) is 5.26 Å². The SMILES string of the molecule is Cc1ccc(-c2cn(CCCC#N)c3cc(C)cc(C)c3c2=O)cc1. The monoisotopic (exact) mass is 330 g/mol. The second kappa shape index (κ2) is 6.94. The minimum absolute atomic E-state index is 0.0767. The van der Waals surface area contributed by atoms with Crippen molar-refractivity contribution in [2.24, 2.45) is 0 Å². The van der Waals surface area contributed by atoms with Crippen LogP contribution in [0.25, 0.3) is 22.0 Å². The highest BCUT2D eigenvalue weighted by Crippen LogP contribution is 2.24. The second-order valence-corrected chi connectivity index (χ2v) is 6.67. The third-order valence-corrected chi connectivity index (χ3v) is 4.58. The maximum Gasteiger partial charge on any atom is 0.197 e. The van der Waals surface area contributed by atoms with Gasteiger partial charge in [-0.3, -0.25) is 4.79 Å². The number of benzene rings is 2. The van der Waals surface area contributed by atoms with E-state index in [1.54, 1.807) is 0 Å². The fourth-order valence-corrected chi connectivity index (χ4v) is 3.34. The molecule has 3 rings (SSSR count). The topological polar surface area (TPSA) is 45.8 Å². The number of nitriles is 1. The third-order valence-electron chi connectivity index (χ3n) is 4.58. The Labute approximate surface area is 148 Å². The molecule has 0 fully saturated rings. The Bertz CT molecular complexity index is 1020. The molecule has 0 saturated carbocycles. The van der Waals surface area contributed by atoms with Crippen molar-refractivity contribution in [3.63, 3.8) is 0 Å². The van der Waals surface area contributed by atoms with E-state index in [0.717, 1.165) is 46.1 Å². The molecule has 3 heteroatoms. The lowest BCUT2D eigenvalue weighted by molar-refractivity contribution is 0.670. The van der Waals surface area contributed by atoms with E-state index in [1.165, 1.54) is 5.56 Å². The van der Waals surface area contributed by atoms with E-state index in [1.807, 2.05) is 51.2 Å². The molecule has 0 bridgehead atoms. The smallest absolute Gasteiger partial charge is 0.197 e. The van der Waals surface area contributed by atoms with Crippen molar-refractivity contribution in [2.75, 3.05) is 0 Å². The summed E-state index contributed by atoms with van der Waals surface area (Å²) in [5, 5.41) is 9.62. The highest BCUT2D eigenvalue weighted by atomic mass is 16.1. The maximum absolute atomic E-state index is 13.2. The Morgan fingerprint density at radius 3 is 2.44 bits per heavy atom. The highest BCUT2D eigenvalue weighted by Gasteiger charge is 2.13. The van der Waals surface area contributed by atoms with Gasteiger partial charge in [0, 0.05) is 30.1 Å². The van der Waals surface area contributed by atoms with E-state index in [-0.39, 0.29) is 5.43 Å². The summed E-state index contributed by atoms with van der Waals surface area (Å²) in [7, 11) is 0. The molecule has 0 aliphatic carbocycles. The largest absolute Gasteiger partial charge is 0.347 e. The number of hydrogen-bond acceptors (Lipinski definition) is 2. The minimum atomic E-state index is 0.0767. The van der Waals surface area contributed by atoms with Crippen LogP contribution in [-0.2, 0) is 6.54 Å². The Hall–Kier alpha value is -2.86. The average Bonchev–Trinajstić information content (AvgIpc) is 2.57. The fourth-order valence-electron chi connectivity index (χ4n) is 3.34. The number of aryl methyl sites for hydroxylation is 4. The van der Waals surface area contributed by atoms with Crippen LogP contribution in [0.4, 0.5) is 0 Å². The standard InChI is InChI=1S/C22H22N2O/c1-15-6-8-18(9-7-15)19-14-24(11-5-4-10-23)20-13-16(2)12-17(3)21(20)22(19)25/h6-9,12-14H,4-5,11H2,1-3H3. The number of nitrogens with zero attached hydrogens (tertiary/aromatic N) is 2. The summed E-state index contributed by atoms with van der Waals surface area (Å²) in [6, 6.07) is 14.4. The minimum Gasteiger partial charge on any atom is -0.347 e. The van der Waals surface area contributed by atoms with Gasteiger partial charge in [0.15, 0.2) is 5.43 Å². The summed E-state index contributed by atoms with van der Waals surface area (Å²) >= 11 is 0. The molecule has 0 atom stereocenters. The zero-order valence-corrected chi connectivity index (χ0v) is 15.0. The van der Waals surface area contributed by atoms with E-state index in [2.05, 4.69) is 22.8 Å². The van der Waals surface area contributed by atoms with E-state index in [0.29, 0.717) is 6.42 Å². The van der Waals surface area contributed by atoms with Crippen molar-refractivity contribution in [3.8, 4) is 17.2 Å². The predicted octanol–water partition coefficient (Wildman–Crippen LogP) is 4.90. The third kappa shape index (κ3) is 3.34. The molecule has 0 aliphatic rings. The van der Waals surface area contributed by atoms with Crippen molar-refractivity contribution < 1.29 is 0 Å². The van der Waals surface area contributed by atoms with Crippen molar-refractivity contribution >= 4 is 10.9 Å². The van der Waals surface area contributed by atoms with Crippen LogP contribution in [0.15, 0.2) is 47.4 Å². The molecular weight excluding hydrogens is 308 g/mol. The van der Waals surface area contributed by atoms with Crippen LogP contribution in [0.2, 0.25) is 0 Å². The van der Waals surface area contributed by atoms with Crippen molar-refractivity contribution in [1.29, 1.82) is 5.26 Å². The quantitative estimate of drug-likeness (QED) is 0.639. The van der Waals surface area contributed by atoms with Crippen LogP contribution in [0.5, 0.6) is 0 Å². The predicted molar refractivity (Wildman–Crippen MR) is 103 cm³/mol. The van der Waals surface area contributed by atoms with Crippen LogP contribution in [0.3, 0.4) is 0 Å². The molecule has 0 aliphatic heterocycles. The van der Waals surface area contributed by atoms with Crippen molar-refractivity contribution in [3.05, 3.63) is 69.5 Å². The van der Waals surface area contributed by atoms with E-state index in [4.69, 9.17) is 5.26 Å². The number of fused-ring (bicyclic) bond motifs is 1. The first-order chi connectivity index (χ1) is 12.0. The Morgan fingerprint density at radius 1 is 1.04 bits per heavy atom. The first-order valence-corrected chi connectivity index (χ1v) is 8.59. The molecule has 0 amide bonds. The van der Waals surface area contributed by atoms with Gasteiger partial charge in [-0.05, 0) is 49.9 Å². The van der Waals surface area contributed by atoms with E-state index in [9.17, 15) is 4.79 Å². The van der Waals surface area contributed by atoms with E-state index < -0.39 is 0 Å². The summed E-state index contributed by atoms with van der Waals surface area (Å²) in [6.45, 7) is 6.81. The number of aromatic nitrogens is 1. The van der Waals surface area contributed by atoms with Crippen LogP contribution in [-0.4, -0.2) is 4.57 Å². The zero-order valence-electron chi connectivity index (χ0n) is 15.0. The van der Waals surface area contributed by atoms with Gasteiger partial charge in [0.2, 0.25) is 0 Å². The fraction of sp³-hybridized carbons (Fsp3) is 0.273. The maximum atomic E-state index is 13.2. The lowest BCUT2D eigenvalue weighted by atomic mass is 9.99. The normalized spacial score (nSPS) is 10.8. The molecule has 1 heterocycles. The molecule has 3 aromatic rings. The van der Waals surface area contributed by atoms with Gasteiger partial charge in [-0.25, -0.2) is 0 Å². The van der Waals surface area contributed by atoms with Gasteiger partial charge in [-0.15, -0.1) is 0 Å². The van der Waals surface area contributed by atoms with Gasteiger partial charge < -0.3 is 4.57 Å². The summed E-state index contributed by atoms with van der Waals surface area (Å²) < 4.78 is 2.13. The molecule has 126 valence electrons. The molecule has 3 nitrogen and oxygen atoms in total. The molecule has 0 N–H and O–H groups in total. The van der Waals surface area contributed by atoms with Gasteiger partial charge in [0.25, 0.3) is 0 Å². The van der Waals surface area contributed by atoms with E-state index >= 15 is 0 Å². The summed E-state index contributed by atoms with van der Waals surface area (Å²) in [4.78, 5) is 13.2. The van der Waals surface area contributed by atoms with Crippen molar-refractivity contribution in [1.82, 2.24) is 4.57 Å². The summed E-state index contributed by atoms with van der Waals surface area (Å²) in [5.41, 5.74) is 6.00. The molecular formula is C22H22N2O. The highest BCUT2D eigenvalue weighted by molar-refractivity contribution is 5.87. The first-order valence-electron chi connectivity index (χ1n) is 8.59. The summed E-state index contributed by atoms with van der Waals surface area (Å²) in [5.74, 6) is 0. The molecule has 0 saturated heterocycles. The lowest BCUT2D eigenvalue weighted by Crippen LogP contribution is -2.14. The molecule has 0 spiro atoms. The Balaban J connectivity index is 2.28. The molecule has 0 unspecified atom stereocenters. The number of pyridine rings is 1. The first kappa shape index (κ1) is 17.0. The second-order valence-electron chi connectivity index (χ2n) is 6.67. The Morgan fingerprint density at radius 2 is 1.76 bits per heavy atom. The van der Waals surface area contributed by atoms with Crippen LogP contribution in [0, 0.1) is 32.1 Å². The number of unbranched alkanes of at least 4 members (excludes halogenated alkanes) is 1. The van der Waals surface area contributed by atoms with Gasteiger partial charge >= 0.3 is 0 Å². The van der Waals surface area contributed by atoms with Crippen LogP contribution in [0.1, 0.15) is 29.5 Å². The average molecular weight is 330 g/mol. The lowest BCUT2D eigenvalue weighted by Gasteiger charge is -2.15. The zero-order chi connectivity index (χ0) is 18.0. The van der Waals surface area contributed by atoms with Gasteiger partial charge in [0.1, 0.15) is 0 Å². The van der Waals surface area contributed by atoms with Gasteiger partial charge in [0.05, 0.1) is 11.6 Å². The van der Waals surface area contributed by atoms with Gasteiger partial charge in [-0.1, -0.05) is 35.9 Å². The molecule has 1 aromatic heterocycles. The van der Waals surface area contributed by atoms with Crippen molar-refractivity contribution in [2.45, 2.75) is 40.2 Å².